The highest BCUT2D eigenvalue weighted by molar-refractivity contribution is 5.71. The fourth-order valence-corrected chi connectivity index (χ4v) is 11.0. The molecular weight excluding hydrogens is 997 g/mol. The summed E-state index contributed by atoms with van der Waals surface area (Å²) in [5, 5.41) is 0. The minimum atomic E-state index is -0.769. The summed E-state index contributed by atoms with van der Waals surface area (Å²) in [7, 11) is 0. The first kappa shape index (κ1) is 78.4. The summed E-state index contributed by atoms with van der Waals surface area (Å²) in [6, 6.07) is 0. The minimum Gasteiger partial charge on any atom is -0.462 e. The van der Waals surface area contributed by atoms with Crippen LogP contribution in [0.25, 0.3) is 0 Å². The number of hydrogen-bond acceptors (Lipinski definition) is 6. The molecule has 0 aliphatic carbocycles. The van der Waals surface area contributed by atoms with Crippen molar-refractivity contribution >= 4 is 17.9 Å². The molecule has 0 heterocycles. The van der Waals surface area contributed by atoms with Crippen molar-refractivity contribution in [1.29, 1.82) is 0 Å². The summed E-state index contributed by atoms with van der Waals surface area (Å²) in [4.78, 5) is 38.3. The highest BCUT2D eigenvalue weighted by Crippen LogP contribution is 2.19. The van der Waals surface area contributed by atoms with Gasteiger partial charge in [0.2, 0.25) is 0 Å². The second-order valence-electron chi connectivity index (χ2n) is 24.5. The molecule has 0 aliphatic rings. The molecule has 0 N–H and O–H groups in total. The van der Waals surface area contributed by atoms with Gasteiger partial charge in [-0.2, -0.15) is 0 Å². The molecule has 0 bridgehead atoms. The molecule has 0 aromatic carbocycles. The van der Waals surface area contributed by atoms with E-state index in [0.29, 0.717) is 19.3 Å². The molecule has 0 aromatic rings. The largest absolute Gasteiger partial charge is 0.462 e. The third-order valence-corrected chi connectivity index (χ3v) is 16.3. The molecular formula is C75H138O6. The monoisotopic (exact) mass is 1140 g/mol. The molecule has 0 amide bonds. The van der Waals surface area contributed by atoms with Gasteiger partial charge in [-0.1, -0.05) is 365 Å². The SMILES string of the molecule is CC/C=C\C/C=C\C/C=C\C/C=C\CCCCCCCCCCCCCCCCC(=O)OC(COC(=O)CCCCCCCCCC)COC(=O)CCCCCCCCCCCCCCCCCCCCCCCCCCCCCC. The van der Waals surface area contributed by atoms with Crippen molar-refractivity contribution in [1.82, 2.24) is 0 Å². The van der Waals surface area contributed by atoms with Crippen LogP contribution >= 0.6 is 0 Å². The van der Waals surface area contributed by atoms with Gasteiger partial charge in [-0.15, -0.1) is 0 Å². The van der Waals surface area contributed by atoms with E-state index in [1.807, 2.05) is 0 Å². The molecule has 0 aromatic heterocycles. The normalized spacial score (nSPS) is 12.3. The molecule has 0 spiro atoms. The average molecular weight is 1140 g/mol. The van der Waals surface area contributed by atoms with Crippen molar-refractivity contribution in [3.63, 3.8) is 0 Å². The van der Waals surface area contributed by atoms with Crippen LogP contribution in [0, 0.1) is 0 Å². The molecule has 0 saturated carbocycles. The fraction of sp³-hybridized carbons (Fsp3) is 0.853. The summed E-state index contributed by atoms with van der Waals surface area (Å²) in [6.45, 7) is 6.57. The highest BCUT2D eigenvalue weighted by Gasteiger charge is 2.19. The van der Waals surface area contributed by atoms with Gasteiger partial charge in [0.1, 0.15) is 13.2 Å². The molecule has 6 heteroatoms. The van der Waals surface area contributed by atoms with Crippen LogP contribution in [-0.4, -0.2) is 37.2 Å². The van der Waals surface area contributed by atoms with Crippen LogP contribution in [0.15, 0.2) is 48.6 Å². The van der Waals surface area contributed by atoms with Gasteiger partial charge < -0.3 is 14.2 Å². The first-order valence-electron chi connectivity index (χ1n) is 36.1. The van der Waals surface area contributed by atoms with E-state index in [9.17, 15) is 14.4 Å². The Hall–Kier alpha value is -2.63. The van der Waals surface area contributed by atoms with Gasteiger partial charge in [-0.05, 0) is 57.8 Å². The van der Waals surface area contributed by atoms with Crippen molar-refractivity contribution < 1.29 is 28.6 Å². The Balaban J connectivity index is 4.05. The first-order valence-corrected chi connectivity index (χ1v) is 36.1. The summed E-state index contributed by atoms with van der Waals surface area (Å²) in [5.41, 5.74) is 0. The predicted octanol–water partition coefficient (Wildman–Crippen LogP) is 24.9. The zero-order valence-electron chi connectivity index (χ0n) is 54.6. The number of esters is 3. The van der Waals surface area contributed by atoms with Gasteiger partial charge in [-0.3, -0.25) is 14.4 Å². The molecule has 0 aliphatic heterocycles. The molecule has 474 valence electrons. The zero-order valence-corrected chi connectivity index (χ0v) is 54.6. The molecule has 0 rings (SSSR count). The van der Waals surface area contributed by atoms with Crippen LogP contribution in [0.3, 0.4) is 0 Å². The lowest BCUT2D eigenvalue weighted by atomic mass is 10.0. The van der Waals surface area contributed by atoms with Crippen LogP contribution in [0.2, 0.25) is 0 Å². The Kier molecular flexibility index (Phi) is 67.6. The quantitative estimate of drug-likeness (QED) is 0.0261. The lowest BCUT2D eigenvalue weighted by molar-refractivity contribution is -0.167. The van der Waals surface area contributed by atoms with Gasteiger partial charge >= 0.3 is 17.9 Å². The predicted molar refractivity (Wildman–Crippen MR) is 353 cm³/mol. The van der Waals surface area contributed by atoms with Gasteiger partial charge in [0, 0.05) is 19.3 Å². The van der Waals surface area contributed by atoms with E-state index in [1.54, 1.807) is 0 Å². The van der Waals surface area contributed by atoms with Crippen molar-refractivity contribution in [3.05, 3.63) is 48.6 Å². The Morgan fingerprint density at radius 2 is 0.481 bits per heavy atom. The van der Waals surface area contributed by atoms with E-state index in [1.165, 1.54) is 270 Å². The molecule has 81 heavy (non-hydrogen) atoms. The van der Waals surface area contributed by atoms with Crippen molar-refractivity contribution in [2.45, 2.75) is 399 Å². The average Bonchev–Trinajstić information content (AvgIpc) is 3.47. The second-order valence-corrected chi connectivity index (χ2v) is 24.5. The fourth-order valence-electron chi connectivity index (χ4n) is 11.0. The maximum absolute atomic E-state index is 12.9. The van der Waals surface area contributed by atoms with E-state index >= 15 is 0 Å². The van der Waals surface area contributed by atoms with E-state index < -0.39 is 6.10 Å². The Morgan fingerprint density at radius 3 is 0.753 bits per heavy atom. The van der Waals surface area contributed by atoms with Crippen LogP contribution in [0.5, 0.6) is 0 Å². The number of carbonyl (C=O) groups is 3. The van der Waals surface area contributed by atoms with E-state index in [4.69, 9.17) is 14.2 Å². The van der Waals surface area contributed by atoms with Crippen molar-refractivity contribution in [2.24, 2.45) is 0 Å². The second kappa shape index (κ2) is 69.9. The Bertz CT molecular complexity index is 1400. The Morgan fingerprint density at radius 1 is 0.259 bits per heavy atom. The number of hydrogen-bond donors (Lipinski definition) is 0. The van der Waals surface area contributed by atoms with Gasteiger partial charge in [0.25, 0.3) is 0 Å². The third kappa shape index (κ3) is 68.0. The number of carbonyl (C=O) groups excluding carboxylic acids is 3. The molecule has 6 nitrogen and oxygen atoms in total. The first-order chi connectivity index (χ1) is 40.0. The van der Waals surface area contributed by atoms with Crippen LogP contribution in [0.1, 0.15) is 393 Å². The number of rotatable bonds is 67. The topological polar surface area (TPSA) is 78.9 Å². The minimum absolute atomic E-state index is 0.0671. The van der Waals surface area contributed by atoms with E-state index in [-0.39, 0.29) is 31.1 Å². The summed E-state index contributed by atoms with van der Waals surface area (Å²) in [5.74, 6) is -0.846. The molecule has 0 saturated heterocycles. The van der Waals surface area contributed by atoms with Gasteiger partial charge in [0.15, 0.2) is 6.10 Å². The lowest BCUT2D eigenvalue weighted by Crippen LogP contribution is -2.30. The van der Waals surface area contributed by atoms with Crippen LogP contribution in [-0.2, 0) is 28.6 Å². The summed E-state index contributed by atoms with van der Waals surface area (Å²) >= 11 is 0. The standard InChI is InChI=1S/C75H138O6/c1-4-7-10-13-16-19-21-23-25-27-29-31-33-35-37-39-40-42-44-46-48-50-52-54-56-59-62-65-68-74(77)80-71-72(70-79-73(76)67-64-61-58-18-15-12-9-6-3)81-75(78)69-66-63-60-57-55-53-51-49-47-45-43-41-38-36-34-32-30-28-26-24-22-20-17-14-11-8-5-2/h8,11,17,20,24,26,30,32,72H,4-7,9-10,12-16,18-19,21-23,25,27-29,31,33-71H2,1-3H3/b11-8-,20-17-,26-24-,32-30-. The highest BCUT2D eigenvalue weighted by atomic mass is 16.6. The number of unbranched alkanes of at least 4 members (excludes halogenated alkanes) is 48. The van der Waals surface area contributed by atoms with Gasteiger partial charge in [-0.25, -0.2) is 0 Å². The maximum Gasteiger partial charge on any atom is 0.306 e. The lowest BCUT2D eigenvalue weighted by Gasteiger charge is -2.18. The maximum atomic E-state index is 12.9. The smallest absolute Gasteiger partial charge is 0.306 e. The van der Waals surface area contributed by atoms with Crippen LogP contribution in [0.4, 0.5) is 0 Å². The van der Waals surface area contributed by atoms with Crippen LogP contribution < -0.4 is 0 Å². The van der Waals surface area contributed by atoms with Crippen molar-refractivity contribution in [2.75, 3.05) is 13.2 Å². The van der Waals surface area contributed by atoms with E-state index in [2.05, 4.69) is 69.4 Å². The number of ether oxygens (including phenoxy) is 3. The van der Waals surface area contributed by atoms with E-state index in [0.717, 1.165) is 83.5 Å². The zero-order chi connectivity index (χ0) is 58.5. The Labute approximate surface area is 505 Å². The third-order valence-electron chi connectivity index (χ3n) is 16.3. The van der Waals surface area contributed by atoms with Crippen molar-refractivity contribution in [3.8, 4) is 0 Å². The molecule has 0 fully saturated rings. The van der Waals surface area contributed by atoms with Gasteiger partial charge in [0.05, 0.1) is 0 Å². The number of allylic oxidation sites excluding steroid dienone is 8. The summed E-state index contributed by atoms with van der Waals surface area (Å²) in [6.07, 6.45) is 88.9. The molecule has 0 radical (unpaired) electrons. The molecule has 1 unspecified atom stereocenters. The molecule has 1 atom stereocenters. The summed E-state index contributed by atoms with van der Waals surface area (Å²) < 4.78 is 16.9.